The number of carbonyl (C=O) groups excluding carboxylic acids is 1. The van der Waals surface area contributed by atoms with Gasteiger partial charge in [0.1, 0.15) is 6.54 Å². The van der Waals surface area contributed by atoms with E-state index >= 15 is 0 Å². The van der Waals surface area contributed by atoms with Crippen molar-refractivity contribution in [2.24, 2.45) is 5.73 Å². The quantitative estimate of drug-likeness (QED) is 0.562. The fourth-order valence-electron chi connectivity index (χ4n) is 0.591. The predicted octanol–water partition coefficient (Wildman–Crippen LogP) is 0.299. The highest BCUT2D eigenvalue weighted by Crippen LogP contribution is 1.94. The molecule has 0 aliphatic rings. The predicted molar refractivity (Wildman–Crippen MR) is 37.0 cm³/mol. The molecule has 2 N–H and O–H groups in total. The first-order valence-electron chi connectivity index (χ1n) is 3.02. The van der Waals surface area contributed by atoms with Gasteiger partial charge in [-0.2, -0.15) is 5.26 Å². The second-order valence-corrected chi connectivity index (χ2v) is 2.22. The number of nitriles is 1. The summed E-state index contributed by atoms with van der Waals surface area (Å²) in [6, 6.07) is 1.31. The van der Waals surface area contributed by atoms with E-state index in [-0.39, 0.29) is 12.6 Å². The molecule has 10 heavy (non-hydrogen) atoms. The van der Waals surface area contributed by atoms with Gasteiger partial charge in [0.15, 0.2) is 0 Å². The zero-order valence-electron chi connectivity index (χ0n) is 6.16. The third-order valence-electron chi connectivity index (χ3n) is 1.15. The molecule has 0 fully saturated rings. The van der Waals surface area contributed by atoms with Crippen molar-refractivity contribution in [3.05, 3.63) is 0 Å². The molecule has 0 aliphatic carbocycles. The van der Waals surface area contributed by atoms with Crippen LogP contribution in [0.2, 0.25) is 0 Å². The summed E-state index contributed by atoms with van der Waals surface area (Å²) in [5, 5.41) is 8.24. The van der Waals surface area contributed by atoms with Crippen molar-refractivity contribution in [3.8, 4) is 6.07 Å². The Balaban J connectivity index is 4.01. The summed E-state index contributed by atoms with van der Waals surface area (Å²) >= 11 is 0. The van der Waals surface area contributed by atoms with Gasteiger partial charge in [0.25, 0.3) is 0 Å². The first kappa shape index (κ1) is 8.76. The maximum atomic E-state index is 10.5. The Labute approximate surface area is 60.2 Å². The van der Waals surface area contributed by atoms with Gasteiger partial charge in [-0.1, -0.05) is 0 Å². The van der Waals surface area contributed by atoms with Crippen LogP contribution in [0.15, 0.2) is 0 Å². The van der Waals surface area contributed by atoms with E-state index in [0.717, 1.165) is 0 Å². The normalized spacial score (nSPS) is 9.00. The molecule has 0 aromatic carbocycles. The van der Waals surface area contributed by atoms with Crippen LogP contribution in [0.5, 0.6) is 0 Å². The second-order valence-electron chi connectivity index (χ2n) is 2.22. The largest absolute Gasteiger partial charge is 0.351 e. The highest BCUT2D eigenvalue weighted by molar-refractivity contribution is 5.72. The molecule has 0 spiro atoms. The highest BCUT2D eigenvalue weighted by atomic mass is 16.2. The van der Waals surface area contributed by atoms with Gasteiger partial charge in [-0.25, -0.2) is 4.79 Å². The van der Waals surface area contributed by atoms with Crippen LogP contribution in [0.4, 0.5) is 4.79 Å². The minimum atomic E-state index is -0.545. The minimum absolute atomic E-state index is 0.00264. The maximum Gasteiger partial charge on any atom is 0.315 e. The van der Waals surface area contributed by atoms with Crippen LogP contribution in [0.1, 0.15) is 13.8 Å². The van der Waals surface area contributed by atoms with Gasteiger partial charge >= 0.3 is 6.03 Å². The minimum Gasteiger partial charge on any atom is -0.351 e. The Bertz CT molecular complexity index is 159. The average molecular weight is 141 g/mol. The van der Waals surface area contributed by atoms with Crippen molar-refractivity contribution in [3.63, 3.8) is 0 Å². The van der Waals surface area contributed by atoms with Gasteiger partial charge < -0.3 is 10.6 Å². The van der Waals surface area contributed by atoms with E-state index in [1.807, 2.05) is 19.9 Å². The van der Waals surface area contributed by atoms with Crippen LogP contribution in [0, 0.1) is 11.3 Å². The van der Waals surface area contributed by atoms with E-state index in [1.54, 1.807) is 0 Å². The van der Waals surface area contributed by atoms with Gasteiger partial charge in [-0.15, -0.1) is 0 Å². The summed E-state index contributed by atoms with van der Waals surface area (Å²) in [7, 11) is 0. The monoisotopic (exact) mass is 141 g/mol. The first-order chi connectivity index (χ1) is 4.59. The molecular weight excluding hydrogens is 130 g/mol. The fourth-order valence-corrected chi connectivity index (χ4v) is 0.591. The molecule has 0 aliphatic heterocycles. The fraction of sp³-hybridized carbons (Fsp3) is 0.667. The number of urea groups is 1. The lowest BCUT2D eigenvalue weighted by Crippen LogP contribution is -2.40. The second kappa shape index (κ2) is 3.72. The molecule has 56 valence electrons. The molecule has 0 bridgehead atoms. The van der Waals surface area contributed by atoms with Crippen molar-refractivity contribution in [1.82, 2.24) is 4.90 Å². The van der Waals surface area contributed by atoms with E-state index < -0.39 is 6.03 Å². The maximum absolute atomic E-state index is 10.5. The Kier molecular flexibility index (Phi) is 3.26. The van der Waals surface area contributed by atoms with Crippen LogP contribution in [0.3, 0.4) is 0 Å². The number of hydrogen-bond donors (Lipinski definition) is 1. The van der Waals surface area contributed by atoms with Crippen molar-refractivity contribution in [1.29, 1.82) is 5.26 Å². The highest BCUT2D eigenvalue weighted by Gasteiger charge is 2.11. The van der Waals surface area contributed by atoms with E-state index in [4.69, 9.17) is 11.0 Å². The lowest BCUT2D eigenvalue weighted by atomic mass is 10.3. The number of amides is 2. The van der Waals surface area contributed by atoms with Crippen molar-refractivity contribution in [2.75, 3.05) is 6.54 Å². The van der Waals surface area contributed by atoms with Gasteiger partial charge in [0.2, 0.25) is 0 Å². The molecule has 0 saturated heterocycles. The molecule has 0 saturated carbocycles. The van der Waals surface area contributed by atoms with Crippen LogP contribution in [0.25, 0.3) is 0 Å². The molecule has 4 nitrogen and oxygen atoms in total. The summed E-state index contributed by atoms with van der Waals surface area (Å²) in [5.74, 6) is 0. The van der Waals surface area contributed by atoms with Crippen LogP contribution >= 0.6 is 0 Å². The number of nitrogens with two attached hydrogens (primary N) is 1. The van der Waals surface area contributed by atoms with Gasteiger partial charge in [0.05, 0.1) is 6.07 Å². The third-order valence-corrected chi connectivity index (χ3v) is 1.15. The number of nitrogens with zero attached hydrogens (tertiary/aromatic N) is 2. The summed E-state index contributed by atoms with van der Waals surface area (Å²) in [6.45, 7) is 3.68. The van der Waals surface area contributed by atoms with E-state index in [1.165, 1.54) is 4.90 Å². The van der Waals surface area contributed by atoms with E-state index in [0.29, 0.717) is 0 Å². The Morgan fingerprint density at radius 2 is 2.30 bits per heavy atom. The van der Waals surface area contributed by atoms with Crippen LogP contribution in [-0.4, -0.2) is 23.5 Å². The number of hydrogen-bond acceptors (Lipinski definition) is 2. The van der Waals surface area contributed by atoms with Crippen LogP contribution < -0.4 is 5.73 Å². The Morgan fingerprint density at radius 1 is 1.80 bits per heavy atom. The Morgan fingerprint density at radius 3 is 2.40 bits per heavy atom. The molecule has 0 atom stereocenters. The Hall–Kier alpha value is -1.24. The molecular formula is C6H11N3O. The molecule has 4 heteroatoms. The van der Waals surface area contributed by atoms with Gasteiger partial charge in [-0.05, 0) is 13.8 Å². The SMILES string of the molecule is CC(C)N(CC#N)C(N)=O. The number of primary amides is 1. The van der Waals surface area contributed by atoms with Gasteiger partial charge in [0, 0.05) is 6.04 Å². The molecule has 0 aromatic rings. The van der Waals surface area contributed by atoms with E-state index in [9.17, 15) is 4.79 Å². The summed E-state index contributed by atoms with van der Waals surface area (Å²) in [6.07, 6.45) is 0. The lowest BCUT2D eigenvalue weighted by Gasteiger charge is -2.20. The summed E-state index contributed by atoms with van der Waals surface area (Å²) in [5.41, 5.74) is 4.96. The topological polar surface area (TPSA) is 70.1 Å². The number of carbonyl (C=O) groups is 1. The van der Waals surface area contributed by atoms with Gasteiger partial charge in [-0.3, -0.25) is 0 Å². The smallest absolute Gasteiger partial charge is 0.315 e. The summed E-state index contributed by atoms with van der Waals surface area (Å²) in [4.78, 5) is 11.8. The van der Waals surface area contributed by atoms with Crippen LogP contribution in [-0.2, 0) is 0 Å². The van der Waals surface area contributed by atoms with Crippen molar-refractivity contribution in [2.45, 2.75) is 19.9 Å². The first-order valence-corrected chi connectivity index (χ1v) is 3.02. The molecule has 0 aromatic heterocycles. The molecule has 0 heterocycles. The molecule has 0 rings (SSSR count). The zero-order chi connectivity index (χ0) is 8.15. The average Bonchev–Trinajstić information content (AvgIpc) is 1.81. The molecule has 2 amide bonds. The standard InChI is InChI=1S/C6H11N3O/c1-5(2)9(4-3-7)6(8)10/h5H,4H2,1-2H3,(H2,8,10). The summed E-state index contributed by atoms with van der Waals surface area (Å²) < 4.78 is 0. The zero-order valence-corrected chi connectivity index (χ0v) is 6.16. The lowest BCUT2D eigenvalue weighted by molar-refractivity contribution is 0.201. The third kappa shape index (κ3) is 2.35. The van der Waals surface area contributed by atoms with E-state index in [2.05, 4.69) is 0 Å². The molecule has 0 radical (unpaired) electrons. The van der Waals surface area contributed by atoms with Crippen molar-refractivity contribution >= 4 is 6.03 Å². The molecule has 0 unspecified atom stereocenters. The number of rotatable bonds is 2. The van der Waals surface area contributed by atoms with Crippen molar-refractivity contribution < 1.29 is 4.79 Å².